The summed E-state index contributed by atoms with van der Waals surface area (Å²) in [5.41, 5.74) is 0.561. The van der Waals surface area contributed by atoms with Crippen LogP contribution in [0, 0.1) is 11.6 Å². The number of amides is 1. The van der Waals surface area contributed by atoms with Gasteiger partial charge in [0, 0.05) is 32.2 Å². The molecule has 0 spiro atoms. The molecule has 0 radical (unpaired) electrons. The molecule has 1 saturated heterocycles. The number of benzene rings is 2. The lowest BCUT2D eigenvalue weighted by Gasteiger charge is -2.27. The number of anilines is 1. The van der Waals surface area contributed by atoms with Crippen molar-refractivity contribution in [3.63, 3.8) is 0 Å². The highest BCUT2D eigenvalue weighted by Gasteiger charge is 2.24. The maximum atomic E-state index is 14.4. The lowest BCUT2D eigenvalue weighted by molar-refractivity contribution is 0.0376. The Kier molecular flexibility index (Phi) is 7.29. The molecule has 4 rings (SSSR count). The average Bonchev–Trinajstić information content (AvgIpc) is 3.20. The van der Waals surface area contributed by atoms with Gasteiger partial charge in [-0.25, -0.2) is 13.8 Å². The van der Waals surface area contributed by atoms with Gasteiger partial charge in [0.2, 0.25) is 0 Å². The van der Waals surface area contributed by atoms with E-state index in [1.165, 1.54) is 22.3 Å². The molecule has 0 aliphatic carbocycles. The van der Waals surface area contributed by atoms with Crippen molar-refractivity contribution in [3.05, 3.63) is 53.6 Å². The smallest absolute Gasteiger partial charge is 0.263 e. The maximum Gasteiger partial charge on any atom is 0.263 e. The molecule has 2 aromatic carbocycles. The predicted molar refractivity (Wildman–Crippen MR) is 121 cm³/mol. The zero-order valence-corrected chi connectivity index (χ0v) is 18.7. The lowest BCUT2D eigenvalue weighted by Crippen LogP contribution is -2.39. The molecule has 1 aliphatic heterocycles. The molecule has 3 aromatic rings. The third-order valence-electron chi connectivity index (χ3n) is 5.26. The van der Waals surface area contributed by atoms with E-state index in [0.29, 0.717) is 37.9 Å². The van der Waals surface area contributed by atoms with Crippen molar-refractivity contribution in [2.75, 3.05) is 50.9 Å². The van der Waals surface area contributed by atoms with Gasteiger partial charge in [-0.2, -0.15) is 0 Å². The Morgan fingerprint density at radius 2 is 2.03 bits per heavy atom. The first-order chi connectivity index (χ1) is 15.5. The quantitative estimate of drug-likeness (QED) is 0.500. The van der Waals surface area contributed by atoms with Gasteiger partial charge in [0.1, 0.15) is 17.4 Å². The Morgan fingerprint density at radius 3 is 2.78 bits per heavy atom. The number of ether oxygens (including phenoxy) is 2. The van der Waals surface area contributed by atoms with Gasteiger partial charge in [-0.1, -0.05) is 11.3 Å². The Labute approximate surface area is 189 Å². The fraction of sp³-hybridized carbons (Fsp3) is 0.391. The minimum atomic E-state index is -0.882. The summed E-state index contributed by atoms with van der Waals surface area (Å²) in [6.07, 6.45) is 0.689. The molecule has 32 heavy (non-hydrogen) atoms. The number of nitrogens with zero attached hydrogens (tertiary/aromatic N) is 3. The Balaban J connectivity index is 1.60. The van der Waals surface area contributed by atoms with E-state index in [4.69, 9.17) is 9.47 Å². The van der Waals surface area contributed by atoms with Crippen LogP contribution in [0.5, 0.6) is 5.75 Å². The van der Waals surface area contributed by atoms with E-state index in [1.54, 1.807) is 0 Å². The van der Waals surface area contributed by atoms with Crippen molar-refractivity contribution < 1.29 is 23.0 Å². The molecule has 1 aromatic heterocycles. The van der Waals surface area contributed by atoms with Crippen molar-refractivity contribution >= 4 is 32.6 Å². The summed E-state index contributed by atoms with van der Waals surface area (Å²) in [4.78, 5) is 21.7. The van der Waals surface area contributed by atoms with E-state index in [1.807, 2.05) is 25.1 Å². The minimum Gasteiger partial charge on any atom is -0.494 e. The monoisotopic (exact) mass is 461 g/mol. The standard InChI is InChI=1S/C23H25F2N3O3S/c1-2-31-17-5-7-20-21(15-17)32-23(26-20)28(9-3-8-27-10-12-30-13-11-27)22(29)18-6-4-16(24)14-19(18)25/h4-7,14-15H,2-3,8-13H2,1H3. The molecule has 170 valence electrons. The average molecular weight is 462 g/mol. The molecular weight excluding hydrogens is 436 g/mol. The molecule has 0 bridgehead atoms. The zero-order valence-electron chi connectivity index (χ0n) is 17.9. The molecule has 1 fully saturated rings. The van der Waals surface area contributed by atoms with Gasteiger partial charge < -0.3 is 9.47 Å². The van der Waals surface area contributed by atoms with Gasteiger partial charge in [0.15, 0.2) is 5.13 Å². The molecule has 2 heterocycles. The molecule has 9 heteroatoms. The summed E-state index contributed by atoms with van der Waals surface area (Å²) >= 11 is 1.35. The Morgan fingerprint density at radius 1 is 1.22 bits per heavy atom. The summed E-state index contributed by atoms with van der Waals surface area (Å²) in [6, 6.07) is 8.56. The topological polar surface area (TPSA) is 54.9 Å². The number of morpholine rings is 1. The number of aromatic nitrogens is 1. The number of carbonyl (C=O) groups is 1. The van der Waals surface area contributed by atoms with Crippen LogP contribution in [-0.2, 0) is 4.74 Å². The van der Waals surface area contributed by atoms with Crippen LogP contribution in [0.3, 0.4) is 0 Å². The van der Waals surface area contributed by atoms with Gasteiger partial charge in [-0.05, 0) is 43.7 Å². The van der Waals surface area contributed by atoms with E-state index < -0.39 is 17.5 Å². The summed E-state index contributed by atoms with van der Waals surface area (Å²) < 4.78 is 39.6. The number of fused-ring (bicyclic) bond motifs is 1. The van der Waals surface area contributed by atoms with Gasteiger partial charge in [-0.15, -0.1) is 0 Å². The van der Waals surface area contributed by atoms with Gasteiger partial charge in [-0.3, -0.25) is 14.6 Å². The van der Waals surface area contributed by atoms with Gasteiger partial charge >= 0.3 is 0 Å². The second-order valence-corrected chi connectivity index (χ2v) is 8.46. The zero-order chi connectivity index (χ0) is 22.5. The Hall–Kier alpha value is -2.62. The number of hydrogen-bond donors (Lipinski definition) is 0. The van der Waals surface area contributed by atoms with E-state index >= 15 is 0 Å². The van der Waals surface area contributed by atoms with Crippen LogP contribution >= 0.6 is 11.3 Å². The third kappa shape index (κ3) is 5.23. The molecule has 0 atom stereocenters. The van der Waals surface area contributed by atoms with E-state index in [0.717, 1.165) is 47.7 Å². The van der Waals surface area contributed by atoms with Crippen LogP contribution < -0.4 is 9.64 Å². The first-order valence-electron chi connectivity index (χ1n) is 10.7. The van der Waals surface area contributed by atoms with Crippen LogP contribution in [0.25, 0.3) is 10.2 Å². The van der Waals surface area contributed by atoms with Crippen molar-refractivity contribution in [1.29, 1.82) is 0 Å². The van der Waals surface area contributed by atoms with Gasteiger partial charge in [0.25, 0.3) is 5.91 Å². The van der Waals surface area contributed by atoms with E-state index in [9.17, 15) is 13.6 Å². The SMILES string of the molecule is CCOc1ccc2nc(N(CCCN3CCOCC3)C(=O)c3ccc(F)cc3F)sc2c1. The van der Waals surface area contributed by atoms with Gasteiger partial charge in [0.05, 0.1) is 35.6 Å². The number of carbonyl (C=O) groups excluding carboxylic acids is 1. The Bertz CT molecular complexity index is 1090. The van der Waals surface area contributed by atoms with Crippen LogP contribution in [0.2, 0.25) is 0 Å². The van der Waals surface area contributed by atoms with E-state index in [2.05, 4.69) is 9.88 Å². The number of hydrogen-bond acceptors (Lipinski definition) is 6. The third-order valence-corrected chi connectivity index (χ3v) is 6.30. The molecule has 6 nitrogen and oxygen atoms in total. The first-order valence-corrected chi connectivity index (χ1v) is 11.5. The summed E-state index contributed by atoms with van der Waals surface area (Å²) in [5, 5.41) is 0.476. The second-order valence-electron chi connectivity index (χ2n) is 7.45. The highest BCUT2D eigenvalue weighted by molar-refractivity contribution is 7.22. The van der Waals surface area contributed by atoms with E-state index in [-0.39, 0.29) is 5.56 Å². The molecule has 0 saturated carbocycles. The molecule has 1 aliphatic rings. The highest BCUT2D eigenvalue weighted by Crippen LogP contribution is 2.32. The van der Waals surface area contributed by atoms with Crippen molar-refractivity contribution in [2.45, 2.75) is 13.3 Å². The molecule has 1 amide bonds. The fourth-order valence-corrected chi connectivity index (χ4v) is 4.65. The summed E-state index contributed by atoms with van der Waals surface area (Å²) in [5.74, 6) is -1.41. The molecule has 0 unspecified atom stereocenters. The molecular formula is C23H25F2N3O3S. The largest absolute Gasteiger partial charge is 0.494 e. The van der Waals surface area contributed by atoms with Crippen molar-refractivity contribution in [3.8, 4) is 5.75 Å². The van der Waals surface area contributed by atoms with Crippen LogP contribution in [0.4, 0.5) is 13.9 Å². The number of halogens is 2. The van der Waals surface area contributed by atoms with Crippen molar-refractivity contribution in [1.82, 2.24) is 9.88 Å². The second kappa shape index (κ2) is 10.3. The minimum absolute atomic E-state index is 0.174. The van der Waals surface area contributed by atoms with Crippen molar-refractivity contribution in [2.24, 2.45) is 0 Å². The number of thiazole rings is 1. The predicted octanol–water partition coefficient (Wildman–Crippen LogP) is 4.34. The summed E-state index contributed by atoms with van der Waals surface area (Å²) in [7, 11) is 0. The lowest BCUT2D eigenvalue weighted by atomic mass is 10.1. The highest BCUT2D eigenvalue weighted by atomic mass is 32.1. The van der Waals surface area contributed by atoms with Crippen LogP contribution in [0.1, 0.15) is 23.7 Å². The fourth-order valence-electron chi connectivity index (χ4n) is 3.63. The first kappa shape index (κ1) is 22.6. The van der Waals surface area contributed by atoms with Crippen LogP contribution in [0.15, 0.2) is 36.4 Å². The summed E-state index contributed by atoms with van der Waals surface area (Å²) in [6.45, 7) is 6.71. The molecule has 0 N–H and O–H groups in total. The number of rotatable bonds is 8. The maximum absolute atomic E-state index is 14.4. The van der Waals surface area contributed by atoms with Crippen LogP contribution in [-0.4, -0.2) is 61.8 Å². The normalized spacial score (nSPS) is 14.6.